The average molecular weight is 171 g/mol. The first-order valence-electron chi connectivity index (χ1n) is 5.21. The molecule has 2 aliphatic carbocycles. The zero-order chi connectivity index (χ0) is 8.39. The smallest absolute Gasteiger partial charge is 0.0906 e. The Bertz CT molecular complexity index is 129. The van der Waals surface area contributed by atoms with Gasteiger partial charge in [-0.2, -0.15) is 0 Å². The zero-order valence-corrected chi connectivity index (χ0v) is 7.56. The number of alkyl halides is 1. The van der Waals surface area contributed by atoms with Crippen LogP contribution in [0.15, 0.2) is 0 Å². The van der Waals surface area contributed by atoms with Crippen LogP contribution in [-0.4, -0.2) is 19.3 Å². The third-order valence-corrected chi connectivity index (χ3v) is 2.95. The molecule has 0 aromatic carbocycles. The minimum Gasteiger partial charge on any atom is -0.313 e. The number of halogens is 1. The molecular formula is C10H18FN. The lowest BCUT2D eigenvalue weighted by Gasteiger charge is -2.16. The first-order chi connectivity index (χ1) is 5.92. The molecule has 2 fully saturated rings. The molecule has 1 nitrogen and oxygen atoms in total. The second-order valence-corrected chi connectivity index (χ2v) is 4.20. The van der Waals surface area contributed by atoms with Crippen LogP contribution < -0.4 is 5.32 Å². The molecule has 0 aliphatic heterocycles. The van der Waals surface area contributed by atoms with Gasteiger partial charge in [0.2, 0.25) is 0 Å². The predicted octanol–water partition coefficient (Wildman–Crippen LogP) is 2.12. The van der Waals surface area contributed by atoms with Crippen molar-refractivity contribution in [2.24, 2.45) is 11.8 Å². The van der Waals surface area contributed by atoms with E-state index in [2.05, 4.69) is 5.32 Å². The lowest BCUT2D eigenvalue weighted by Crippen LogP contribution is -2.33. The Balaban J connectivity index is 1.66. The predicted molar refractivity (Wildman–Crippen MR) is 47.8 cm³/mol. The molecule has 0 amide bonds. The van der Waals surface area contributed by atoms with Crippen molar-refractivity contribution in [2.45, 2.75) is 38.1 Å². The summed E-state index contributed by atoms with van der Waals surface area (Å²) in [4.78, 5) is 0. The van der Waals surface area contributed by atoms with Gasteiger partial charge in [0, 0.05) is 6.04 Å². The molecule has 2 rings (SSSR count). The Morgan fingerprint density at radius 2 is 1.75 bits per heavy atom. The lowest BCUT2D eigenvalue weighted by atomic mass is 10.1. The largest absolute Gasteiger partial charge is 0.313 e. The second-order valence-electron chi connectivity index (χ2n) is 4.20. The lowest BCUT2D eigenvalue weighted by molar-refractivity contribution is 0.390. The highest BCUT2D eigenvalue weighted by atomic mass is 19.1. The van der Waals surface area contributed by atoms with E-state index in [0.29, 0.717) is 6.42 Å². The van der Waals surface area contributed by atoms with Crippen molar-refractivity contribution in [3.05, 3.63) is 0 Å². The SMILES string of the molecule is FCCCNC(C1CC1)C1CC1. The van der Waals surface area contributed by atoms with Gasteiger partial charge in [-0.15, -0.1) is 0 Å². The van der Waals surface area contributed by atoms with Crippen LogP contribution in [0.25, 0.3) is 0 Å². The molecule has 0 aromatic heterocycles. The van der Waals surface area contributed by atoms with Crippen molar-refractivity contribution in [3.63, 3.8) is 0 Å². The van der Waals surface area contributed by atoms with Crippen LogP contribution >= 0.6 is 0 Å². The summed E-state index contributed by atoms with van der Waals surface area (Å²) in [5.74, 6) is 1.88. The first kappa shape index (κ1) is 8.49. The van der Waals surface area contributed by atoms with E-state index in [1.165, 1.54) is 25.7 Å². The van der Waals surface area contributed by atoms with Crippen LogP contribution in [0.1, 0.15) is 32.1 Å². The fourth-order valence-electron chi connectivity index (χ4n) is 1.96. The summed E-state index contributed by atoms with van der Waals surface area (Å²) < 4.78 is 11.8. The fraction of sp³-hybridized carbons (Fsp3) is 1.00. The monoisotopic (exact) mass is 171 g/mol. The van der Waals surface area contributed by atoms with Crippen LogP contribution in [-0.2, 0) is 0 Å². The molecule has 2 heteroatoms. The topological polar surface area (TPSA) is 12.0 Å². The highest BCUT2D eigenvalue weighted by molar-refractivity contribution is 4.96. The highest BCUT2D eigenvalue weighted by Crippen LogP contribution is 2.44. The van der Waals surface area contributed by atoms with Crippen molar-refractivity contribution in [3.8, 4) is 0 Å². The Hall–Kier alpha value is -0.110. The Labute approximate surface area is 73.7 Å². The second kappa shape index (κ2) is 3.73. The Kier molecular flexibility index (Phi) is 2.64. The number of hydrogen-bond donors (Lipinski definition) is 1. The van der Waals surface area contributed by atoms with Gasteiger partial charge >= 0.3 is 0 Å². The van der Waals surface area contributed by atoms with Crippen LogP contribution in [0.2, 0.25) is 0 Å². The molecule has 0 atom stereocenters. The first-order valence-corrected chi connectivity index (χ1v) is 5.21. The van der Waals surface area contributed by atoms with Crippen molar-refractivity contribution < 1.29 is 4.39 Å². The molecule has 0 radical (unpaired) electrons. The van der Waals surface area contributed by atoms with Gasteiger partial charge in [0.25, 0.3) is 0 Å². The highest BCUT2D eigenvalue weighted by Gasteiger charge is 2.40. The molecule has 0 spiro atoms. The third-order valence-electron chi connectivity index (χ3n) is 2.95. The summed E-state index contributed by atoms with van der Waals surface area (Å²) in [6.07, 6.45) is 6.32. The van der Waals surface area contributed by atoms with Crippen LogP contribution in [0.5, 0.6) is 0 Å². The van der Waals surface area contributed by atoms with Crippen LogP contribution in [0.3, 0.4) is 0 Å². The summed E-state index contributed by atoms with van der Waals surface area (Å²) in [6, 6.07) is 0.747. The average Bonchev–Trinajstić information content (AvgIpc) is 2.87. The summed E-state index contributed by atoms with van der Waals surface area (Å²) in [5.41, 5.74) is 0. The summed E-state index contributed by atoms with van der Waals surface area (Å²) in [5, 5.41) is 3.50. The van der Waals surface area contributed by atoms with Crippen molar-refractivity contribution >= 4 is 0 Å². The van der Waals surface area contributed by atoms with Gasteiger partial charge in [-0.25, -0.2) is 0 Å². The van der Waals surface area contributed by atoms with Gasteiger partial charge in [0.05, 0.1) is 6.67 Å². The van der Waals surface area contributed by atoms with Gasteiger partial charge < -0.3 is 5.32 Å². The molecule has 2 saturated carbocycles. The normalized spacial score (nSPS) is 23.5. The third kappa shape index (κ3) is 2.19. The van der Waals surface area contributed by atoms with Crippen LogP contribution in [0.4, 0.5) is 4.39 Å². The molecule has 2 aliphatic rings. The minimum atomic E-state index is -0.172. The molecule has 0 aromatic rings. The summed E-state index contributed by atoms with van der Waals surface area (Å²) >= 11 is 0. The van der Waals surface area contributed by atoms with E-state index in [9.17, 15) is 4.39 Å². The maximum absolute atomic E-state index is 11.8. The Morgan fingerprint density at radius 1 is 1.17 bits per heavy atom. The van der Waals surface area contributed by atoms with E-state index >= 15 is 0 Å². The van der Waals surface area contributed by atoms with Crippen molar-refractivity contribution in [2.75, 3.05) is 13.2 Å². The molecule has 0 bridgehead atoms. The summed E-state index contributed by atoms with van der Waals surface area (Å²) in [7, 11) is 0. The number of rotatable bonds is 6. The summed E-state index contributed by atoms with van der Waals surface area (Å²) in [6.45, 7) is 0.712. The van der Waals surface area contributed by atoms with E-state index < -0.39 is 0 Å². The molecule has 12 heavy (non-hydrogen) atoms. The van der Waals surface area contributed by atoms with E-state index in [4.69, 9.17) is 0 Å². The number of hydrogen-bond acceptors (Lipinski definition) is 1. The molecule has 0 heterocycles. The van der Waals surface area contributed by atoms with E-state index in [1.807, 2.05) is 0 Å². The molecular weight excluding hydrogens is 153 g/mol. The Morgan fingerprint density at radius 3 is 2.17 bits per heavy atom. The molecule has 0 saturated heterocycles. The van der Waals surface area contributed by atoms with Crippen molar-refractivity contribution in [1.82, 2.24) is 5.32 Å². The zero-order valence-electron chi connectivity index (χ0n) is 7.56. The quantitative estimate of drug-likeness (QED) is 0.604. The van der Waals surface area contributed by atoms with Crippen molar-refractivity contribution in [1.29, 1.82) is 0 Å². The van der Waals surface area contributed by atoms with Gasteiger partial charge in [0.1, 0.15) is 0 Å². The van der Waals surface area contributed by atoms with Gasteiger partial charge in [-0.05, 0) is 50.5 Å². The maximum atomic E-state index is 11.8. The molecule has 1 N–H and O–H groups in total. The molecule has 70 valence electrons. The van der Waals surface area contributed by atoms with E-state index in [0.717, 1.165) is 24.4 Å². The maximum Gasteiger partial charge on any atom is 0.0906 e. The molecule has 0 unspecified atom stereocenters. The minimum absolute atomic E-state index is 0.172. The van der Waals surface area contributed by atoms with Gasteiger partial charge in [-0.3, -0.25) is 4.39 Å². The van der Waals surface area contributed by atoms with Crippen LogP contribution in [0, 0.1) is 11.8 Å². The van der Waals surface area contributed by atoms with Gasteiger partial charge in [0.15, 0.2) is 0 Å². The van der Waals surface area contributed by atoms with E-state index in [-0.39, 0.29) is 6.67 Å². The number of nitrogens with one attached hydrogen (secondary N) is 1. The fourth-order valence-corrected chi connectivity index (χ4v) is 1.96. The standard InChI is InChI=1S/C10H18FN/c11-6-1-7-12-10(8-2-3-8)9-4-5-9/h8-10,12H,1-7H2. The van der Waals surface area contributed by atoms with E-state index in [1.54, 1.807) is 0 Å². The van der Waals surface area contributed by atoms with Gasteiger partial charge in [-0.1, -0.05) is 0 Å².